The topological polar surface area (TPSA) is 50.7 Å². The average Bonchev–Trinajstić information content (AvgIpc) is 2.96. The summed E-state index contributed by atoms with van der Waals surface area (Å²) in [6, 6.07) is 10.4. The van der Waals surface area contributed by atoms with Crippen LogP contribution in [0.3, 0.4) is 0 Å². The van der Waals surface area contributed by atoms with Gasteiger partial charge in [-0.15, -0.1) is 0 Å². The summed E-state index contributed by atoms with van der Waals surface area (Å²) in [7, 11) is 0. The van der Waals surface area contributed by atoms with Crippen LogP contribution in [0.2, 0.25) is 0 Å². The van der Waals surface area contributed by atoms with Crippen LogP contribution in [0.25, 0.3) is 10.9 Å². The van der Waals surface area contributed by atoms with E-state index in [9.17, 15) is 0 Å². The average molecular weight is 298 g/mol. The molecule has 4 nitrogen and oxygen atoms in total. The Balaban J connectivity index is 1.63. The number of aryl methyl sites for hydroxylation is 1. The van der Waals surface area contributed by atoms with E-state index in [4.69, 9.17) is 0 Å². The van der Waals surface area contributed by atoms with E-state index in [0.29, 0.717) is 0 Å². The zero-order valence-electron chi connectivity index (χ0n) is 12.0. The number of rotatable bonds is 6. The third-order valence-electron chi connectivity index (χ3n) is 3.33. The first-order valence-electron chi connectivity index (χ1n) is 7.26. The highest BCUT2D eigenvalue weighted by atomic mass is 32.1. The van der Waals surface area contributed by atoms with E-state index in [2.05, 4.69) is 50.8 Å². The van der Waals surface area contributed by atoms with Gasteiger partial charge in [-0.25, -0.2) is 4.98 Å². The summed E-state index contributed by atoms with van der Waals surface area (Å²) < 4.78 is 4.34. The molecule has 3 aromatic rings. The molecular weight excluding hydrogens is 280 g/mol. The molecule has 0 saturated heterocycles. The molecule has 0 amide bonds. The molecule has 0 unspecified atom stereocenters. The summed E-state index contributed by atoms with van der Waals surface area (Å²) in [6.07, 6.45) is 4.81. The van der Waals surface area contributed by atoms with Gasteiger partial charge in [0.1, 0.15) is 5.82 Å². The van der Waals surface area contributed by atoms with Gasteiger partial charge in [0, 0.05) is 36.1 Å². The molecule has 2 aromatic heterocycles. The Morgan fingerprint density at radius 3 is 2.95 bits per heavy atom. The summed E-state index contributed by atoms with van der Waals surface area (Å²) in [4.78, 5) is 8.96. The number of benzene rings is 1. The Morgan fingerprint density at radius 1 is 1.14 bits per heavy atom. The van der Waals surface area contributed by atoms with Crippen LogP contribution in [0.15, 0.2) is 36.5 Å². The standard InChI is InChI=1S/C16H18N4S/c1-2-5-14-19-16(21-20-14)18-11-9-13-7-3-6-12-8-4-10-17-15(12)13/h3-4,6-8,10H,2,5,9,11H2,1H3,(H,18,19,20). The summed E-state index contributed by atoms with van der Waals surface area (Å²) in [5.41, 5.74) is 2.35. The molecule has 0 aliphatic carbocycles. The van der Waals surface area contributed by atoms with Gasteiger partial charge in [0.05, 0.1) is 5.52 Å². The Morgan fingerprint density at radius 2 is 2.05 bits per heavy atom. The fourth-order valence-electron chi connectivity index (χ4n) is 2.32. The van der Waals surface area contributed by atoms with Crippen molar-refractivity contribution >= 4 is 27.6 Å². The second kappa shape index (κ2) is 6.63. The quantitative estimate of drug-likeness (QED) is 0.754. The van der Waals surface area contributed by atoms with Crippen molar-refractivity contribution in [3.63, 3.8) is 0 Å². The highest BCUT2D eigenvalue weighted by Crippen LogP contribution is 2.17. The Hall–Kier alpha value is -2.01. The third kappa shape index (κ3) is 3.36. The van der Waals surface area contributed by atoms with Crippen LogP contribution in [-0.4, -0.2) is 20.9 Å². The molecule has 108 valence electrons. The van der Waals surface area contributed by atoms with Crippen LogP contribution in [0, 0.1) is 0 Å². The fraction of sp³-hybridized carbons (Fsp3) is 0.312. The maximum atomic E-state index is 4.48. The number of fused-ring (bicyclic) bond motifs is 1. The summed E-state index contributed by atoms with van der Waals surface area (Å²) in [6.45, 7) is 2.98. The van der Waals surface area contributed by atoms with Crippen molar-refractivity contribution < 1.29 is 0 Å². The lowest BCUT2D eigenvalue weighted by Gasteiger charge is -2.06. The molecule has 0 radical (unpaired) electrons. The van der Waals surface area contributed by atoms with Crippen molar-refractivity contribution in [2.45, 2.75) is 26.2 Å². The normalized spacial score (nSPS) is 10.9. The summed E-state index contributed by atoms with van der Waals surface area (Å²) in [5.74, 6) is 0.942. The number of anilines is 1. The number of pyridine rings is 1. The summed E-state index contributed by atoms with van der Waals surface area (Å²) in [5, 5.41) is 5.45. The largest absolute Gasteiger partial charge is 0.360 e. The Bertz CT molecular complexity index is 718. The minimum atomic E-state index is 0.844. The molecule has 0 bridgehead atoms. The van der Waals surface area contributed by atoms with Crippen molar-refractivity contribution in [1.29, 1.82) is 0 Å². The van der Waals surface area contributed by atoms with Crippen LogP contribution >= 0.6 is 11.5 Å². The fourth-order valence-corrected chi connectivity index (χ4v) is 2.96. The van der Waals surface area contributed by atoms with E-state index in [1.54, 1.807) is 0 Å². The highest BCUT2D eigenvalue weighted by Gasteiger charge is 2.04. The van der Waals surface area contributed by atoms with Crippen molar-refractivity contribution in [3.8, 4) is 0 Å². The second-order valence-electron chi connectivity index (χ2n) is 4.93. The summed E-state index contributed by atoms with van der Waals surface area (Å²) >= 11 is 1.44. The molecule has 1 N–H and O–H groups in total. The first-order valence-corrected chi connectivity index (χ1v) is 8.03. The van der Waals surface area contributed by atoms with E-state index in [-0.39, 0.29) is 0 Å². The first-order chi connectivity index (χ1) is 10.4. The molecule has 5 heteroatoms. The van der Waals surface area contributed by atoms with Gasteiger partial charge in [0.2, 0.25) is 5.13 Å². The third-order valence-corrected chi connectivity index (χ3v) is 4.04. The van der Waals surface area contributed by atoms with Crippen LogP contribution in [-0.2, 0) is 12.8 Å². The lowest BCUT2D eigenvalue weighted by Crippen LogP contribution is -2.05. The SMILES string of the molecule is CCCc1nsc(NCCc2cccc3cccnc23)n1. The molecular formula is C16H18N4S. The molecule has 0 saturated carbocycles. The lowest BCUT2D eigenvalue weighted by atomic mass is 10.1. The lowest BCUT2D eigenvalue weighted by molar-refractivity contribution is 0.860. The van der Waals surface area contributed by atoms with Crippen LogP contribution < -0.4 is 5.32 Å². The van der Waals surface area contributed by atoms with Crippen molar-refractivity contribution in [1.82, 2.24) is 14.3 Å². The van der Waals surface area contributed by atoms with Crippen LogP contribution in [0.1, 0.15) is 24.7 Å². The zero-order chi connectivity index (χ0) is 14.5. The predicted molar refractivity (Wildman–Crippen MR) is 87.8 cm³/mol. The molecule has 0 fully saturated rings. The van der Waals surface area contributed by atoms with E-state index >= 15 is 0 Å². The number of nitrogens with one attached hydrogen (secondary N) is 1. The molecule has 0 spiro atoms. The number of para-hydroxylation sites is 1. The Labute approximate surface area is 128 Å². The molecule has 21 heavy (non-hydrogen) atoms. The molecule has 0 aliphatic rings. The zero-order valence-corrected chi connectivity index (χ0v) is 12.9. The number of aromatic nitrogens is 3. The highest BCUT2D eigenvalue weighted by molar-refractivity contribution is 7.09. The van der Waals surface area contributed by atoms with Gasteiger partial charge in [0.25, 0.3) is 0 Å². The number of hydrogen-bond acceptors (Lipinski definition) is 5. The van der Waals surface area contributed by atoms with Crippen LogP contribution in [0.5, 0.6) is 0 Å². The van der Waals surface area contributed by atoms with E-state index < -0.39 is 0 Å². The van der Waals surface area contributed by atoms with Gasteiger partial charge in [-0.3, -0.25) is 4.98 Å². The van der Waals surface area contributed by atoms with Gasteiger partial charge < -0.3 is 5.32 Å². The van der Waals surface area contributed by atoms with Crippen molar-refractivity contribution in [3.05, 3.63) is 47.9 Å². The minimum absolute atomic E-state index is 0.844. The van der Waals surface area contributed by atoms with Crippen molar-refractivity contribution in [2.24, 2.45) is 0 Å². The smallest absolute Gasteiger partial charge is 0.202 e. The van der Waals surface area contributed by atoms with Crippen molar-refractivity contribution in [2.75, 3.05) is 11.9 Å². The van der Waals surface area contributed by atoms with Gasteiger partial charge in [-0.1, -0.05) is 31.2 Å². The van der Waals surface area contributed by atoms with E-state index in [1.165, 1.54) is 22.5 Å². The van der Waals surface area contributed by atoms with Gasteiger partial charge in [0.15, 0.2) is 0 Å². The number of hydrogen-bond donors (Lipinski definition) is 1. The minimum Gasteiger partial charge on any atom is -0.360 e. The molecule has 0 atom stereocenters. The maximum absolute atomic E-state index is 4.48. The Kier molecular flexibility index (Phi) is 4.40. The predicted octanol–water partition coefficient (Wildman–Crippen LogP) is 3.69. The second-order valence-corrected chi connectivity index (χ2v) is 5.69. The first kappa shape index (κ1) is 13.9. The van der Waals surface area contributed by atoms with E-state index in [1.807, 2.05) is 12.3 Å². The maximum Gasteiger partial charge on any atom is 0.202 e. The monoisotopic (exact) mass is 298 g/mol. The molecule has 2 heterocycles. The number of nitrogens with zero attached hydrogens (tertiary/aromatic N) is 3. The molecule has 1 aromatic carbocycles. The van der Waals surface area contributed by atoms with Gasteiger partial charge in [-0.2, -0.15) is 4.37 Å². The molecule has 0 aliphatic heterocycles. The van der Waals surface area contributed by atoms with Gasteiger partial charge >= 0.3 is 0 Å². The molecule has 3 rings (SSSR count). The van der Waals surface area contributed by atoms with E-state index in [0.717, 1.165) is 42.3 Å². The van der Waals surface area contributed by atoms with Gasteiger partial charge in [-0.05, 0) is 24.5 Å². The van der Waals surface area contributed by atoms with Crippen LogP contribution in [0.4, 0.5) is 5.13 Å².